The summed E-state index contributed by atoms with van der Waals surface area (Å²) in [5.74, 6) is -0.643. The van der Waals surface area contributed by atoms with Crippen molar-refractivity contribution in [3.05, 3.63) is 65.2 Å². The van der Waals surface area contributed by atoms with Crippen molar-refractivity contribution in [3.63, 3.8) is 0 Å². The highest BCUT2D eigenvalue weighted by Gasteiger charge is 2.22. The third-order valence-corrected chi connectivity index (χ3v) is 6.04. The summed E-state index contributed by atoms with van der Waals surface area (Å²) in [6, 6.07) is 11.8. The molecule has 0 aliphatic carbocycles. The number of hydrogen-bond donors (Lipinski definition) is 2. The predicted octanol–water partition coefficient (Wildman–Crippen LogP) is 1.79. The molecule has 9 heteroatoms. The number of aryl methyl sites for hydroxylation is 2. The van der Waals surface area contributed by atoms with Gasteiger partial charge in [-0.05, 0) is 44.2 Å². The zero-order valence-corrected chi connectivity index (χ0v) is 18.1. The van der Waals surface area contributed by atoms with Crippen molar-refractivity contribution < 1.29 is 22.7 Å². The van der Waals surface area contributed by atoms with E-state index in [0.29, 0.717) is 11.3 Å². The van der Waals surface area contributed by atoms with Crippen molar-refractivity contribution in [3.8, 4) is 5.75 Å². The lowest BCUT2D eigenvalue weighted by Crippen LogP contribution is -2.46. The van der Waals surface area contributed by atoms with Crippen LogP contribution in [0.4, 0.5) is 0 Å². The maximum Gasteiger partial charge on any atom is 0.262 e. The number of nitrogens with one attached hydrogen (secondary N) is 2. The van der Waals surface area contributed by atoms with Gasteiger partial charge in [-0.15, -0.1) is 0 Å². The topological polar surface area (TPSA) is 105 Å². The maximum atomic E-state index is 12.5. The number of carbonyl (C=O) groups is 2. The molecule has 2 rings (SSSR count). The summed E-state index contributed by atoms with van der Waals surface area (Å²) < 4.78 is 31.1. The van der Waals surface area contributed by atoms with Crippen LogP contribution in [0.3, 0.4) is 0 Å². The summed E-state index contributed by atoms with van der Waals surface area (Å²) in [5.41, 5.74) is 7.05. The summed E-state index contributed by atoms with van der Waals surface area (Å²) >= 11 is 0. The number of likely N-dealkylation sites (N-methyl/N-ethyl adjacent to an activating group) is 1. The minimum absolute atomic E-state index is 0.0856. The van der Waals surface area contributed by atoms with Gasteiger partial charge >= 0.3 is 0 Å². The molecular formula is C21H25N3O5S. The molecule has 0 atom stereocenters. The molecule has 2 aromatic rings. The fraction of sp³-hybridized carbons (Fsp3) is 0.238. The van der Waals surface area contributed by atoms with Crippen molar-refractivity contribution in [2.45, 2.75) is 18.7 Å². The van der Waals surface area contributed by atoms with Crippen molar-refractivity contribution >= 4 is 27.9 Å². The smallest absolute Gasteiger partial charge is 0.262 e. The molecule has 0 aromatic heterocycles. The Kier molecular flexibility index (Phi) is 7.73. The lowest BCUT2D eigenvalue weighted by Gasteiger charge is -2.17. The molecule has 2 aromatic carbocycles. The van der Waals surface area contributed by atoms with Crippen LogP contribution in [0.15, 0.2) is 53.4 Å². The Morgan fingerprint density at radius 1 is 1.03 bits per heavy atom. The van der Waals surface area contributed by atoms with Crippen LogP contribution in [-0.2, 0) is 19.6 Å². The first kappa shape index (κ1) is 23.1. The van der Waals surface area contributed by atoms with E-state index in [1.165, 1.54) is 32.4 Å². The van der Waals surface area contributed by atoms with E-state index in [1.807, 2.05) is 26.0 Å². The Bertz CT molecular complexity index is 1050. The lowest BCUT2D eigenvalue weighted by atomic mass is 10.1. The van der Waals surface area contributed by atoms with E-state index in [-0.39, 0.29) is 4.90 Å². The zero-order valence-electron chi connectivity index (χ0n) is 17.3. The van der Waals surface area contributed by atoms with Crippen LogP contribution in [0.5, 0.6) is 5.75 Å². The minimum Gasteiger partial charge on any atom is -0.496 e. The molecule has 0 fully saturated rings. The van der Waals surface area contributed by atoms with Gasteiger partial charge in [0.05, 0.1) is 18.6 Å². The van der Waals surface area contributed by atoms with Crippen LogP contribution < -0.4 is 15.6 Å². The van der Waals surface area contributed by atoms with Gasteiger partial charge in [-0.3, -0.25) is 20.4 Å². The number of hydrazine groups is 1. The number of rotatable bonds is 7. The maximum absolute atomic E-state index is 12.5. The Morgan fingerprint density at radius 3 is 2.30 bits per heavy atom. The summed E-state index contributed by atoms with van der Waals surface area (Å²) in [5, 5.41) is 0. The van der Waals surface area contributed by atoms with Gasteiger partial charge in [-0.1, -0.05) is 29.3 Å². The Labute approximate surface area is 176 Å². The molecule has 0 saturated carbocycles. The van der Waals surface area contributed by atoms with Gasteiger partial charge in [-0.2, -0.15) is 4.31 Å². The second-order valence-electron chi connectivity index (χ2n) is 6.69. The molecule has 2 N–H and O–H groups in total. The first-order chi connectivity index (χ1) is 14.1. The summed E-state index contributed by atoms with van der Waals surface area (Å²) in [6.45, 7) is 3.31. The molecule has 8 nitrogen and oxygen atoms in total. The van der Waals surface area contributed by atoms with E-state index in [0.717, 1.165) is 15.4 Å². The average molecular weight is 432 g/mol. The van der Waals surface area contributed by atoms with Crippen molar-refractivity contribution in [1.82, 2.24) is 15.2 Å². The average Bonchev–Trinajstić information content (AvgIpc) is 2.71. The van der Waals surface area contributed by atoms with Crippen molar-refractivity contribution in [1.29, 1.82) is 0 Å². The van der Waals surface area contributed by atoms with E-state index in [1.54, 1.807) is 24.3 Å². The molecule has 0 unspecified atom stereocenters. The minimum atomic E-state index is -3.82. The van der Waals surface area contributed by atoms with Crippen LogP contribution in [-0.4, -0.2) is 45.2 Å². The van der Waals surface area contributed by atoms with Gasteiger partial charge in [0.1, 0.15) is 5.75 Å². The molecule has 2 amide bonds. The standard InChI is InChI=1S/C21H25N3O5S/c1-15-5-9-18(10-6-15)30(27,28)24(3)14-21(26)23-22-20(25)12-8-17-13-16(2)7-11-19(17)29-4/h5-13H,14H2,1-4H3,(H,22,25)(H,23,26)/b12-8+. The SMILES string of the molecule is COc1ccc(C)cc1/C=C/C(=O)NNC(=O)CN(C)S(=O)(=O)c1ccc(C)cc1. The first-order valence-corrected chi connectivity index (χ1v) is 10.5. The van der Waals surface area contributed by atoms with Gasteiger partial charge < -0.3 is 4.74 Å². The number of methoxy groups -OCH3 is 1. The van der Waals surface area contributed by atoms with Crippen LogP contribution in [0.25, 0.3) is 6.08 Å². The van der Waals surface area contributed by atoms with Crippen LogP contribution in [0.2, 0.25) is 0 Å². The number of benzene rings is 2. The second-order valence-corrected chi connectivity index (χ2v) is 8.74. The zero-order chi connectivity index (χ0) is 22.3. The van der Waals surface area contributed by atoms with Gasteiger partial charge in [0.25, 0.3) is 11.8 Å². The Hall–Kier alpha value is -3.17. The van der Waals surface area contributed by atoms with E-state index in [4.69, 9.17) is 4.74 Å². The molecule has 0 aliphatic rings. The Balaban J connectivity index is 1.91. The van der Waals surface area contributed by atoms with E-state index < -0.39 is 28.4 Å². The van der Waals surface area contributed by atoms with Gasteiger partial charge in [-0.25, -0.2) is 8.42 Å². The third-order valence-electron chi connectivity index (χ3n) is 4.22. The molecule has 30 heavy (non-hydrogen) atoms. The molecule has 0 saturated heterocycles. The highest BCUT2D eigenvalue weighted by Crippen LogP contribution is 2.20. The van der Waals surface area contributed by atoms with Crippen LogP contribution in [0, 0.1) is 13.8 Å². The van der Waals surface area contributed by atoms with Crippen molar-refractivity contribution in [2.24, 2.45) is 0 Å². The van der Waals surface area contributed by atoms with Crippen LogP contribution in [0.1, 0.15) is 16.7 Å². The normalized spacial score (nSPS) is 11.5. The third kappa shape index (κ3) is 6.16. The summed E-state index contributed by atoms with van der Waals surface area (Å²) in [4.78, 5) is 24.1. The summed E-state index contributed by atoms with van der Waals surface area (Å²) in [7, 11) is -0.992. The van der Waals surface area contributed by atoms with Crippen LogP contribution >= 0.6 is 0 Å². The van der Waals surface area contributed by atoms with E-state index in [9.17, 15) is 18.0 Å². The first-order valence-electron chi connectivity index (χ1n) is 9.08. The van der Waals surface area contributed by atoms with Gasteiger partial charge in [0.2, 0.25) is 10.0 Å². The fourth-order valence-corrected chi connectivity index (χ4v) is 3.67. The molecular weight excluding hydrogens is 406 g/mol. The quantitative estimate of drug-likeness (QED) is 0.514. The number of ether oxygens (including phenoxy) is 1. The molecule has 0 spiro atoms. The van der Waals surface area contributed by atoms with Gasteiger partial charge in [0, 0.05) is 18.7 Å². The van der Waals surface area contributed by atoms with Gasteiger partial charge in [0.15, 0.2) is 0 Å². The highest BCUT2D eigenvalue weighted by atomic mass is 32.2. The monoisotopic (exact) mass is 431 g/mol. The molecule has 0 bridgehead atoms. The predicted molar refractivity (Wildman–Crippen MR) is 114 cm³/mol. The number of nitrogens with zero attached hydrogens (tertiary/aromatic N) is 1. The number of amides is 2. The van der Waals surface area contributed by atoms with E-state index >= 15 is 0 Å². The van der Waals surface area contributed by atoms with Crippen molar-refractivity contribution in [2.75, 3.05) is 20.7 Å². The summed E-state index contributed by atoms with van der Waals surface area (Å²) in [6.07, 6.45) is 2.80. The molecule has 0 heterocycles. The molecule has 0 radical (unpaired) electrons. The fourth-order valence-electron chi connectivity index (χ4n) is 2.54. The highest BCUT2D eigenvalue weighted by molar-refractivity contribution is 7.89. The molecule has 0 aliphatic heterocycles. The number of sulfonamides is 1. The molecule has 160 valence electrons. The van der Waals surface area contributed by atoms with E-state index in [2.05, 4.69) is 10.9 Å². The second kappa shape index (κ2) is 10.0. The number of hydrogen-bond acceptors (Lipinski definition) is 5. The largest absolute Gasteiger partial charge is 0.496 e. The number of carbonyl (C=O) groups excluding carboxylic acids is 2. The Morgan fingerprint density at radius 2 is 1.67 bits per heavy atom. The lowest BCUT2D eigenvalue weighted by molar-refractivity contribution is -0.126.